The molecule has 0 amide bonds. The van der Waals surface area contributed by atoms with Crippen LogP contribution in [0.3, 0.4) is 0 Å². The summed E-state index contributed by atoms with van der Waals surface area (Å²) in [4.78, 5) is 6.66. The lowest BCUT2D eigenvalue weighted by Crippen LogP contribution is -2.23. The maximum atomic E-state index is 12.5. The van der Waals surface area contributed by atoms with Crippen LogP contribution in [0, 0.1) is 0 Å². The fraction of sp³-hybridized carbons (Fsp3) is 0.0625. The molecule has 3 rings (SSSR count). The van der Waals surface area contributed by atoms with Gasteiger partial charge in [-0.15, -0.1) is 0 Å². The lowest BCUT2D eigenvalue weighted by molar-refractivity contribution is -0.0436. The first kappa shape index (κ1) is 17.7. The molecule has 0 fully saturated rings. The van der Waals surface area contributed by atoms with Crippen LogP contribution in [0.25, 0.3) is 23.2 Å². The van der Waals surface area contributed by atoms with Crippen molar-refractivity contribution in [1.29, 1.82) is 0 Å². The molecule has 0 aliphatic rings. The minimum atomic E-state index is -5.33. The number of imidazole rings is 1. The zero-order valence-corrected chi connectivity index (χ0v) is 14.8. The van der Waals surface area contributed by atoms with E-state index < -0.39 is 20.2 Å². The molecule has 4 nitrogen and oxygen atoms in total. The maximum Gasteiger partial charge on any atom is 0.501 e. The van der Waals surface area contributed by atoms with Crippen molar-refractivity contribution < 1.29 is 21.6 Å². The molecule has 1 heterocycles. The Balaban J connectivity index is 1.84. The molecule has 0 saturated carbocycles. The van der Waals surface area contributed by atoms with E-state index in [1.807, 2.05) is 18.2 Å². The summed E-state index contributed by atoms with van der Waals surface area (Å²) < 4.78 is 61.0. The van der Waals surface area contributed by atoms with Crippen LogP contribution in [0.2, 0.25) is 0 Å². The van der Waals surface area contributed by atoms with Gasteiger partial charge in [0.2, 0.25) is 0 Å². The van der Waals surface area contributed by atoms with E-state index in [9.17, 15) is 21.6 Å². The molecule has 2 aromatic carbocycles. The van der Waals surface area contributed by atoms with E-state index in [1.54, 1.807) is 12.2 Å². The molecule has 130 valence electrons. The van der Waals surface area contributed by atoms with E-state index >= 15 is 0 Å². The molecule has 9 heteroatoms. The molecule has 0 spiro atoms. The Morgan fingerprint density at radius 3 is 2.36 bits per heavy atom. The fourth-order valence-corrected chi connectivity index (χ4v) is 3.26. The van der Waals surface area contributed by atoms with Gasteiger partial charge in [-0.2, -0.15) is 13.2 Å². The van der Waals surface area contributed by atoms with Crippen LogP contribution in [-0.4, -0.2) is 23.9 Å². The van der Waals surface area contributed by atoms with Crippen molar-refractivity contribution >= 4 is 49.0 Å². The molecule has 25 heavy (non-hydrogen) atoms. The topological polar surface area (TPSA) is 62.8 Å². The number of aromatic nitrogens is 2. The molecule has 1 N–H and O–H groups in total. The lowest BCUT2D eigenvalue weighted by atomic mass is 10.2. The van der Waals surface area contributed by atoms with Gasteiger partial charge in [0.15, 0.2) is 0 Å². The predicted octanol–water partition coefficient (Wildman–Crippen LogP) is 4.79. The number of aromatic amines is 1. The van der Waals surface area contributed by atoms with Crippen molar-refractivity contribution in [3.8, 4) is 0 Å². The van der Waals surface area contributed by atoms with Gasteiger partial charge >= 0.3 is 5.51 Å². The number of fused-ring (bicyclic) bond motifs is 1. The Bertz CT molecular complexity index is 1060. The van der Waals surface area contributed by atoms with Crippen LogP contribution in [0.15, 0.2) is 51.8 Å². The zero-order valence-electron chi connectivity index (χ0n) is 12.4. The molecule has 1 aromatic heterocycles. The second-order valence-corrected chi connectivity index (χ2v) is 7.99. The molecule has 0 saturated heterocycles. The van der Waals surface area contributed by atoms with E-state index in [2.05, 4.69) is 25.9 Å². The normalized spacial score (nSPS) is 13.0. The molecule has 3 aromatic rings. The number of hydrogen-bond acceptors (Lipinski definition) is 3. The Morgan fingerprint density at radius 1 is 1.04 bits per heavy atom. The Hall–Kier alpha value is -2.13. The van der Waals surface area contributed by atoms with Crippen molar-refractivity contribution in [2.75, 3.05) is 0 Å². The number of hydrogen-bond donors (Lipinski definition) is 1. The summed E-state index contributed by atoms with van der Waals surface area (Å²) in [6, 6.07) is 10.0. The number of halogens is 4. The second kappa shape index (κ2) is 6.30. The van der Waals surface area contributed by atoms with Gasteiger partial charge in [-0.05, 0) is 42.0 Å². The summed E-state index contributed by atoms with van der Waals surface area (Å²) in [5, 5.41) is 0. The van der Waals surface area contributed by atoms with E-state index in [4.69, 9.17) is 0 Å². The third-order valence-electron chi connectivity index (χ3n) is 3.39. The number of rotatable bonds is 3. The predicted molar refractivity (Wildman–Crippen MR) is 92.4 cm³/mol. The van der Waals surface area contributed by atoms with Crippen molar-refractivity contribution in [3.05, 3.63) is 58.3 Å². The summed E-state index contributed by atoms with van der Waals surface area (Å²) in [6.07, 6.45) is 3.28. The second-order valence-electron chi connectivity index (χ2n) is 5.14. The number of nitrogens with zero attached hydrogens (tertiary/aromatic N) is 1. The minimum Gasteiger partial charge on any atom is -0.338 e. The maximum absolute atomic E-state index is 12.5. The quantitative estimate of drug-likeness (QED) is 0.649. The minimum absolute atomic E-state index is 0.544. The first-order valence-electron chi connectivity index (χ1n) is 6.91. The molecule has 0 atom stereocenters. The monoisotopic (exact) mass is 430 g/mol. The number of alkyl halides is 3. The Morgan fingerprint density at radius 2 is 1.72 bits per heavy atom. The van der Waals surface area contributed by atoms with E-state index in [0.29, 0.717) is 11.4 Å². The highest BCUT2D eigenvalue weighted by atomic mass is 79.9. The number of sulfone groups is 1. The van der Waals surface area contributed by atoms with Crippen LogP contribution >= 0.6 is 15.9 Å². The standard InChI is InChI=1S/C16H10BrF3N2O2S/c17-11-4-7-13-14(9-11)22-15(21-13)8-3-10-1-5-12(6-2-10)25(23,24)16(18,19)20/h1-9H,(H,21,22). The molecule has 0 aliphatic carbocycles. The van der Waals surface area contributed by atoms with Gasteiger partial charge in [0.25, 0.3) is 9.84 Å². The summed E-state index contributed by atoms with van der Waals surface area (Å²) in [5.74, 6) is 0.570. The highest BCUT2D eigenvalue weighted by molar-refractivity contribution is 9.10. The van der Waals surface area contributed by atoms with E-state index in [1.165, 1.54) is 12.1 Å². The first-order valence-corrected chi connectivity index (χ1v) is 9.19. The fourth-order valence-electron chi connectivity index (χ4n) is 2.14. The first-order chi connectivity index (χ1) is 11.7. The number of H-pyrrole nitrogens is 1. The highest BCUT2D eigenvalue weighted by Gasteiger charge is 2.46. The SMILES string of the molecule is O=S(=O)(c1ccc(C=Cc2nc3cc(Br)ccc3[nH]2)cc1)C(F)(F)F. The summed E-state index contributed by atoms with van der Waals surface area (Å²) in [7, 11) is -5.33. The van der Waals surface area contributed by atoms with Crippen molar-refractivity contribution in [2.45, 2.75) is 10.4 Å². The van der Waals surface area contributed by atoms with Gasteiger partial charge in [-0.25, -0.2) is 13.4 Å². The molecule has 0 bridgehead atoms. The van der Waals surface area contributed by atoms with E-state index in [0.717, 1.165) is 27.6 Å². The summed E-state index contributed by atoms with van der Waals surface area (Å²) in [6.45, 7) is 0. The Labute approximate surface area is 149 Å². The van der Waals surface area contributed by atoms with Gasteiger partial charge in [0.05, 0.1) is 15.9 Å². The zero-order chi connectivity index (χ0) is 18.2. The third kappa shape index (κ3) is 3.62. The van der Waals surface area contributed by atoms with Gasteiger partial charge in [-0.3, -0.25) is 0 Å². The van der Waals surface area contributed by atoms with Gasteiger partial charge in [0.1, 0.15) is 5.82 Å². The van der Waals surface area contributed by atoms with Crippen LogP contribution < -0.4 is 0 Å². The van der Waals surface area contributed by atoms with E-state index in [-0.39, 0.29) is 0 Å². The Kier molecular flexibility index (Phi) is 4.46. The number of nitrogens with one attached hydrogen (secondary N) is 1. The van der Waals surface area contributed by atoms with Crippen LogP contribution in [0.1, 0.15) is 11.4 Å². The third-order valence-corrected chi connectivity index (χ3v) is 5.39. The lowest BCUT2D eigenvalue weighted by Gasteiger charge is -2.07. The largest absolute Gasteiger partial charge is 0.501 e. The van der Waals surface area contributed by atoms with Crippen molar-refractivity contribution in [1.82, 2.24) is 9.97 Å². The van der Waals surface area contributed by atoms with Gasteiger partial charge < -0.3 is 4.98 Å². The van der Waals surface area contributed by atoms with Crippen molar-refractivity contribution in [3.63, 3.8) is 0 Å². The average molecular weight is 431 g/mol. The molecule has 0 unspecified atom stereocenters. The van der Waals surface area contributed by atoms with Crippen LogP contribution in [0.4, 0.5) is 13.2 Å². The molecular weight excluding hydrogens is 421 g/mol. The van der Waals surface area contributed by atoms with Gasteiger partial charge in [0, 0.05) is 4.47 Å². The smallest absolute Gasteiger partial charge is 0.338 e. The number of benzene rings is 2. The summed E-state index contributed by atoms with van der Waals surface area (Å²) >= 11 is 3.35. The van der Waals surface area contributed by atoms with Crippen LogP contribution in [-0.2, 0) is 9.84 Å². The van der Waals surface area contributed by atoms with Crippen molar-refractivity contribution in [2.24, 2.45) is 0 Å². The van der Waals surface area contributed by atoms with Gasteiger partial charge in [-0.1, -0.05) is 34.1 Å². The molecule has 0 aliphatic heterocycles. The molecule has 0 radical (unpaired) electrons. The average Bonchev–Trinajstić information content (AvgIpc) is 2.94. The summed E-state index contributed by atoms with van der Waals surface area (Å²) in [5.41, 5.74) is -3.16. The van der Waals surface area contributed by atoms with Crippen LogP contribution in [0.5, 0.6) is 0 Å². The molecular formula is C16H10BrF3N2O2S. The highest BCUT2D eigenvalue weighted by Crippen LogP contribution is 2.30.